The van der Waals surface area contributed by atoms with Crippen LogP contribution >= 0.6 is 11.6 Å². The van der Waals surface area contributed by atoms with Crippen molar-refractivity contribution in [3.63, 3.8) is 0 Å². The van der Waals surface area contributed by atoms with Crippen molar-refractivity contribution in [3.8, 4) is 5.75 Å². The summed E-state index contributed by atoms with van der Waals surface area (Å²) in [5, 5.41) is 4.11. The van der Waals surface area contributed by atoms with Crippen LogP contribution in [-0.2, 0) is 32.0 Å². The van der Waals surface area contributed by atoms with E-state index in [0.29, 0.717) is 50.7 Å². The fourth-order valence-corrected chi connectivity index (χ4v) is 5.70. The van der Waals surface area contributed by atoms with Gasteiger partial charge in [0.15, 0.2) is 0 Å². The summed E-state index contributed by atoms with van der Waals surface area (Å²) in [7, 11) is -2.35. The molecule has 44 heavy (non-hydrogen) atoms. The van der Waals surface area contributed by atoms with E-state index in [-0.39, 0.29) is 42.8 Å². The molecule has 2 heterocycles. The highest BCUT2D eigenvalue weighted by molar-refractivity contribution is 7.73. The standard InChI is InChI=1S/C32H30ClF2N3O5S/c1-20(2)30(44(39)40)18-41-12-10-32(9-4-11-43-32)25-15-24-28(16-27(25)35)36-19-37-31(24)38-23-7-8-29(26(33)14-23)42-17-21-5-3-6-22(34)13-21/h3-8,11,13-16,19-20H,9-10,12,17-18H2,1-2H3,(H,36,37,38). The molecular weight excluding hydrogens is 612 g/mol. The lowest BCUT2D eigenvalue weighted by molar-refractivity contribution is 0.00322. The molecule has 1 aromatic heterocycles. The van der Waals surface area contributed by atoms with Crippen molar-refractivity contribution in [3.05, 3.63) is 101 Å². The van der Waals surface area contributed by atoms with Gasteiger partial charge in [-0.15, -0.1) is 0 Å². The molecule has 1 aliphatic heterocycles. The van der Waals surface area contributed by atoms with Crippen LogP contribution in [0.1, 0.15) is 37.8 Å². The van der Waals surface area contributed by atoms with Gasteiger partial charge in [-0.3, -0.25) is 0 Å². The lowest BCUT2D eigenvalue weighted by Crippen LogP contribution is -2.29. The van der Waals surface area contributed by atoms with Gasteiger partial charge < -0.3 is 19.5 Å². The number of ether oxygens (including phenoxy) is 3. The predicted molar refractivity (Wildman–Crippen MR) is 166 cm³/mol. The van der Waals surface area contributed by atoms with Gasteiger partial charge in [0.05, 0.1) is 34.9 Å². The number of benzene rings is 3. The van der Waals surface area contributed by atoms with Gasteiger partial charge in [-0.2, -0.15) is 8.42 Å². The zero-order chi connectivity index (χ0) is 31.3. The summed E-state index contributed by atoms with van der Waals surface area (Å²) >= 11 is 6.48. The molecule has 0 bridgehead atoms. The van der Waals surface area contributed by atoms with Crippen LogP contribution in [0.3, 0.4) is 0 Å². The van der Waals surface area contributed by atoms with E-state index in [2.05, 4.69) is 15.3 Å². The molecule has 0 fully saturated rings. The molecule has 3 aromatic carbocycles. The summed E-state index contributed by atoms with van der Waals surface area (Å²) in [4.78, 5) is 8.90. The summed E-state index contributed by atoms with van der Waals surface area (Å²) < 4.78 is 69.5. The SMILES string of the molecule is CC(C)C(COCCC1(c2cc3c(Nc4ccc(OCc5cccc(F)c5)c(Cl)c4)ncnc3cc2F)CC=CO1)=S(=O)=O. The Morgan fingerprint density at radius 1 is 1.14 bits per heavy atom. The first-order valence-electron chi connectivity index (χ1n) is 13.9. The van der Waals surface area contributed by atoms with Gasteiger partial charge in [0, 0.05) is 35.5 Å². The summed E-state index contributed by atoms with van der Waals surface area (Å²) in [6, 6.07) is 14.2. The number of aromatic nitrogens is 2. The quantitative estimate of drug-likeness (QED) is 0.129. The van der Waals surface area contributed by atoms with Gasteiger partial charge in [0.1, 0.15) is 41.7 Å². The highest BCUT2D eigenvalue weighted by atomic mass is 35.5. The van der Waals surface area contributed by atoms with E-state index in [1.807, 2.05) is 6.08 Å². The summed E-state index contributed by atoms with van der Waals surface area (Å²) in [5.41, 5.74) is 0.910. The van der Waals surface area contributed by atoms with Gasteiger partial charge in [-0.25, -0.2) is 18.7 Å². The van der Waals surface area contributed by atoms with E-state index in [4.69, 9.17) is 25.8 Å². The lowest BCUT2D eigenvalue weighted by atomic mass is 9.87. The maximum Gasteiger partial charge on any atom is 0.215 e. The zero-order valence-corrected chi connectivity index (χ0v) is 25.6. The molecule has 0 spiro atoms. The molecule has 5 rings (SSSR count). The van der Waals surface area contributed by atoms with Gasteiger partial charge >= 0.3 is 0 Å². The molecule has 1 atom stereocenters. The van der Waals surface area contributed by atoms with E-state index in [1.54, 1.807) is 50.2 Å². The van der Waals surface area contributed by atoms with Crippen molar-refractivity contribution in [2.24, 2.45) is 5.92 Å². The van der Waals surface area contributed by atoms with Crippen LogP contribution in [0.5, 0.6) is 5.75 Å². The van der Waals surface area contributed by atoms with Crippen molar-refractivity contribution < 1.29 is 31.4 Å². The minimum Gasteiger partial charge on any atom is -0.490 e. The number of rotatable bonds is 12. The van der Waals surface area contributed by atoms with Crippen molar-refractivity contribution in [1.82, 2.24) is 9.97 Å². The summed E-state index contributed by atoms with van der Waals surface area (Å²) in [6.07, 6.45) is 5.35. The molecule has 0 radical (unpaired) electrons. The molecule has 4 aromatic rings. The van der Waals surface area contributed by atoms with Crippen LogP contribution < -0.4 is 10.1 Å². The van der Waals surface area contributed by atoms with Crippen LogP contribution in [0.15, 0.2) is 73.3 Å². The van der Waals surface area contributed by atoms with Crippen LogP contribution in [-0.4, -0.2) is 36.5 Å². The first-order valence-corrected chi connectivity index (χ1v) is 15.3. The topological polar surface area (TPSA) is 99.6 Å². The normalized spacial score (nSPS) is 15.9. The van der Waals surface area contributed by atoms with Crippen molar-refractivity contribution >= 4 is 49.2 Å². The fraction of sp³-hybridized carbons (Fsp3) is 0.281. The third kappa shape index (κ3) is 7.18. The Morgan fingerprint density at radius 3 is 2.68 bits per heavy atom. The Bertz CT molecular complexity index is 1830. The third-order valence-electron chi connectivity index (χ3n) is 7.28. The number of hydrogen-bond acceptors (Lipinski definition) is 8. The molecule has 0 saturated heterocycles. The van der Waals surface area contributed by atoms with E-state index in [9.17, 15) is 12.8 Å². The number of fused-ring (bicyclic) bond motifs is 1. The maximum atomic E-state index is 15.6. The molecule has 0 aliphatic carbocycles. The molecule has 1 N–H and O–H groups in total. The average Bonchev–Trinajstić information content (AvgIpc) is 3.46. The number of halogens is 3. The molecule has 1 aliphatic rings. The van der Waals surface area contributed by atoms with Gasteiger partial charge in [0.2, 0.25) is 10.3 Å². The number of hydrogen-bond donors (Lipinski definition) is 1. The second-order valence-corrected chi connectivity index (χ2v) is 12.0. The molecule has 1 unspecified atom stereocenters. The van der Waals surface area contributed by atoms with Gasteiger partial charge in [-0.1, -0.05) is 37.6 Å². The second kappa shape index (κ2) is 13.7. The largest absolute Gasteiger partial charge is 0.490 e. The Balaban J connectivity index is 1.36. The Labute approximate surface area is 260 Å². The van der Waals surface area contributed by atoms with Crippen LogP contribution in [0, 0.1) is 17.6 Å². The highest BCUT2D eigenvalue weighted by Gasteiger charge is 2.38. The van der Waals surface area contributed by atoms with E-state index < -0.39 is 21.7 Å². The molecule has 0 amide bonds. The van der Waals surface area contributed by atoms with Gasteiger partial charge in [0.25, 0.3) is 0 Å². The molecule has 8 nitrogen and oxygen atoms in total. The summed E-state index contributed by atoms with van der Waals surface area (Å²) in [6.45, 7) is 3.81. The van der Waals surface area contributed by atoms with Crippen LogP contribution in [0.25, 0.3) is 10.9 Å². The third-order valence-corrected chi connectivity index (χ3v) is 8.60. The lowest BCUT2D eigenvalue weighted by Gasteiger charge is -2.30. The summed E-state index contributed by atoms with van der Waals surface area (Å²) in [5.74, 6) is -0.182. The number of nitrogens with one attached hydrogen (secondary N) is 1. The van der Waals surface area contributed by atoms with Crippen molar-refractivity contribution in [2.45, 2.75) is 38.9 Å². The van der Waals surface area contributed by atoms with Crippen LogP contribution in [0.4, 0.5) is 20.3 Å². The Hall–Kier alpha value is -4.06. The van der Waals surface area contributed by atoms with E-state index in [1.165, 1.54) is 30.8 Å². The van der Waals surface area contributed by atoms with Gasteiger partial charge in [-0.05, 0) is 54.0 Å². The molecule has 0 saturated carbocycles. The fourth-order valence-electron chi connectivity index (χ4n) is 4.90. The number of nitrogens with zero attached hydrogens (tertiary/aromatic N) is 2. The number of anilines is 2. The first-order chi connectivity index (χ1) is 21.1. The van der Waals surface area contributed by atoms with E-state index >= 15 is 4.39 Å². The van der Waals surface area contributed by atoms with Crippen molar-refractivity contribution in [2.75, 3.05) is 18.5 Å². The zero-order valence-electron chi connectivity index (χ0n) is 24.0. The Kier molecular flexibility index (Phi) is 9.77. The van der Waals surface area contributed by atoms with E-state index in [0.717, 1.165) is 0 Å². The second-order valence-electron chi connectivity index (χ2n) is 10.6. The predicted octanol–water partition coefficient (Wildman–Crippen LogP) is 7.13. The Morgan fingerprint density at radius 2 is 1.98 bits per heavy atom. The van der Waals surface area contributed by atoms with Crippen molar-refractivity contribution in [1.29, 1.82) is 0 Å². The smallest absolute Gasteiger partial charge is 0.215 e. The monoisotopic (exact) mass is 641 g/mol. The highest BCUT2D eigenvalue weighted by Crippen LogP contribution is 2.41. The minimum absolute atomic E-state index is 0.0450. The maximum absolute atomic E-state index is 15.6. The first kappa shape index (κ1) is 31.4. The average molecular weight is 642 g/mol. The molecule has 12 heteroatoms. The van der Waals surface area contributed by atoms with Crippen LogP contribution in [0.2, 0.25) is 5.02 Å². The minimum atomic E-state index is -2.35. The molecule has 230 valence electrons. The molecular formula is C32H30ClF2N3O5S.